The third-order valence-electron chi connectivity index (χ3n) is 2.90. The molecule has 0 bridgehead atoms. The normalized spacial score (nSPS) is 25.7. The van der Waals surface area contributed by atoms with Crippen molar-refractivity contribution in [2.75, 3.05) is 11.5 Å². The molecule has 1 N–H and O–H groups in total. The van der Waals surface area contributed by atoms with Crippen LogP contribution in [0.2, 0.25) is 0 Å². The maximum absolute atomic E-state index is 13.9. The van der Waals surface area contributed by atoms with E-state index in [2.05, 4.69) is 0 Å². The third-order valence-corrected chi connectivity index (χ3v) is 4.62. The minimum atomic E-state index is -3.02. The van der Waals surface area contributed by atoms with Crippen LogP contribution in [0.4, 0.5) is 4.39 Å². The van der Waals surface area contributed by atoms with E-state index in [0.717, 1.165) is 0 Å². The van der Waals surface area contributed by atoms with Gasteiger partial charge in [-0.05, 0) is 25.7 Å². The van der Waals surface area contributed by atoms with Crippen molar-refractivity contribution in [1.29, 1.82) is 0 Å². The first-order valence-electron chi connectivity index (χ1n) is 4.84. The summed E-state index contributed by atoms with van der Waals surface area (Å²) in [4.78, 5) is 10.4. The average molecular weight is 238 g/mol. The Bertz CT molecular complexity index is 333. The molecule has 0 aromatic rings. The van der Waals surface area contributed by atoms with Gasteiger partial charge in [0.05, 0.1) is 17.9 Å². The number of hydrogen-bond acceptors (Lipinski definition) is 3. The lowest BCUT2D eigenvalue weighted by Crippen LogP contribution is -2.38. The highest BCUT2D eigenvalue weighted by Gasteiger charge is 2.39. The number of hydrogen-bond donors (Lipinski definition) is 1. The van der Waals surface area contributed by atoms with Gasteiger partial charge < -0.3 is 5.11 Å². The van der Waals surface area contributed by atoms with Gasteiger partial charge in [-0.3, -0.25) is 4.79 Å². The van der Waals surface area contributed by atoms with E-state index >= 15 is 0 Å². The molecule has 1 aliphatic heterocycles. The predicted octanol–water partition coefficient (Wildman–Crippen LogP) is 1.01. The van der Waals surface area contributed by atoms with Crippen LogP contribution in [0.15, 0.2) is 0 Å². The van der Waals surface area contributed by atoms with Crippen molar-refractivity contribution in [3.05, 3.63) is 0 Å². The minimum Gasteiger partial charge on any atom is -0.481 e. The predicted molar refractivity (Wildman–Crippen MR) is 53.1 cm³/mol. The molecule has 0 radical (unpaired) electrons. The Morgan fingerprint density at radius 3 is 2.33 bits per heavy atom. The molecule has 0 aromatic heterocycles. The van der Waals surface area contributed by atoms with Crippen molar-refractivity contribution in [2.24, 2.45) is 5.92 Å². The largest absolute Gasteiger partial charge is 0.481 e. The Morgan fingerprint density at radius 1 is 1.47 bits per heavy atom. The van der Waals surface area contributed by atoms with Gasteiger partial charge in [-0.1, -0.05) is 0 Å². The van der Waals surface area contributed by atoms with Crippen molar-refractivity contribution in [3.63, 3.8) is 0 Å². The molecule has 0 spiro atoms. The van der Waals surface area contributed by atoms with Gasteiger partial charge in [0.15, 0.2) is 0 Å². The fourth-order valence-electron chi connectivity index (χ4n) is 1.93. The molecule has 1 rings (SSSR count). The van der Waals surface area contributed by atoms with Gasteiger partial charge in [-0.25, -0.2) is 12.8 Å². The SMILES string of the molecule is CC(F)(CC(=O)O)C1CCS(=O)(=O)CC1. The first kappa shape index (κ1) is 12.4. The number of halogens is 1. The van der Waals surface area contributed by atoms with Crippen LogP contribution in [0, 0.1) is 5.92 Å². The van der Waals surface area contributed by atoms with Crippen molar-refractivity contribution in [2.45, 2.75) is 31.9 Å². The molecular formula is C9H15FO4S. The number of sulfone groups is 1. The number of carboxylic acid groups (broad SMARTS) is 1. The summed E-state index contributed by atoms with van der Waals surface area (Å²) < 4.78 is 36.1. The molecule has 1 heterocycles. The van der Waals surface area contributed by atoms with Gasteiger partial charge in [0, 0.05) is 0 Å². The summed E-state index contributed by atoms with van der Waals surface area (Å²) in [6.45, 7) is 1.24. The van der Waals surface area contributed by atoms with Crippen molar-refractivity contribution >= 4 is 15.8 Å². The monoisotopic (exact) mass is 238 g/mol. The van der Waals surface area contributed by atoms with Gasteiger partial charge in [0.25, 0.3) is 0 Å². The summed E-state index contributed by atoms with van der Waals surface area (Å²) in [5, 5.41) is 8.52. The van der Waals surface area contributed by atoms with E-state index in [4.69, 9.17) is 5.11 Å². The van der Waals surface area contributed by atoms with Gasteiger partial charge in [-0.15, -0.1) is 0 Å². The zero-order chi connectivity index (χ0) is 11.7. The van der Waals surface area contributed by atoms with E-state index in [1.807, 2.05) is 0 Å². The summed E-state index contributed by atoms with van der Waals surface area (Å²) in [6, 6.07) is 0. The number of rotatable bonds is 3. The van der Waals surface area contributed by atoms with Crippen LogP contribution in [0.1, 0.15) is 26.2 Å². The first-order valence-corrected chi connectivity index (χ1v) is 6.66. The van der Waals surface area contributed by atoms with Crippen molar-refractivity contribution in [1.82, 2.24) is 0 Å². The van der Waals surface area contributed by atoms with Crippen molar-refractivity contribution < 1.29 is 22.7 Å². The molecule has 1 unspecified atom stereocenters. The highest BCUT2D eigenvalue weighted by atomic mass is 32.2. The second-order valence-electron chi connectivity index (χ2n) is 4.27. The minimum absolute atomic E-state index is 0.0310. The van der Waals surface area contributed by atoms with Gasteiger partial charge in [-0.2, -0.15) is 0 Å². The van der Waals surface area contributed by atoms with Gasteiger partial charge in [0.1, 0.15) is 15.5 Å². The molecule has 88 valence electrons. The lowest BCUT2D eigenvalue weighted by molar-refractivity contribution is -0.141. The standard InChI is InChI=1S/C9H15FO4S/c1-9(10,6-8(11)12)7-2-4-15(13,14)5-3-7/h7H,2-6H2,1H3,(H,11,12). The van der Waals surface area contributed by atoms with E-state index < -0.39 is 33.8 Å². The fraction of sp³-hybridized carbons (Fsp3) is 0.889. The van der Waals surface area contributed by atoms with Gasteiger partial charge >= 0.3 is 5.97 Å². The van der Waals surface area contributed by atoms with Crippen LogP contribution in [0.5, 0.6) is 0 Å². The maximum Gasteiger partial charge on any atom is 0.306 e. The summed E-state index contributed by atoms with van der Waals surface area (Å²) in [5.74, 6) is -1.71. The van der Waals surface area contributed by atoms with E-state index in [9.17, 15) is 17.6 Å². The number of carboxylic acids is 1. The molecule has 0 amide bonds. The van der Waals surface area contributed by atoms with Crippen LogP contribution in [0.3, 0.4) is 0 Å². The highest BCUT2D eigenvalue weighted by Crippen LogP contribution is 2.34. The van der Waals surface area contributed by atoms with Crippen LogP contribution < -0.4 is 0 Å². The average Bonchev–Trinajstić information content (AvgIpc) is 2.00. The van der Waals surface area contributed by atoms with Crippen LogP contribution in [-0.2, 0) is 14.6 Å². The highest BCUT2D eigenvalue weighted by molar-refractivity contribution is 7.91. The van der Waals surface area contributed by atoms with E-state index in [0.29, 0.717) is 0 Å². The van der Waals surface area contributed by atoms with Crippen LogP contribution >= 0.6 is 0 Å². The Labute approximate surface area is 88.4 Å². The second-order valence-corrected chi connectivity index (χ2v) is 6.58. The number of carbonyl (C=O) groups is 1. The smallest absolute Gasteiger partial charge is 0.306 e. The van der Waals surface area contributed by atoms with E-state index in [-0.39, 0.29) is 24.3 Å². The third kappa shape index (κ3) is 3.44. The lowest BCUT2D eigenvalue weighted by Gasteiger charge is -2.32. The number of aliphatic carboxylic acids is 1. The quantitative estimate of drug-likeness (QED) is 0.796. The lowest BCUT2D eigenvalue weighted by atomic mass is 9.84. The first-order chi connectivity index (χ1) is 6.73. The Morgan fingerprint density at radius 2 is 1.93 bits per heavy atom. The Hall–Kier alpha value is -0.650. The van der Waals surface area contributed by atoms with E-state index in [1.54, 1.807) is 0 Å². The maximum atomic E-state index is 13.9. The number of alkyl halides is 1. The molecule has 0 saturated carbocycles. The summed E-state index contributed by atoms with van der Waals surface area (Å²) >= 11 is 0. The van der Waals surface area contributed by atoms with E-state index in [1.165, 1.54) is 6.92 Å². The Kier molecular flexibility index (Phi) is 3.38. The topological polar surface area (TPSA) is 71.4 Å². The van der Waals surface area contributed by atoms with Crippen LogP contribution in [0.25, 0.3) is 0 Å². The second kappa shape index (κ2) is 4.08. The van der Waals surface area contributed by atoms with Crippen molar-refractivity contribution in [3.8, 4) is 0 Å². The molecule has 1 fully saturated rings. The molecule has 6 heteroatoms. The molecule has 0 aliphatic carbocycles. The zero-order valence-corrected chi connectivity index (χ0v) is 9.39. The molecule has 1 aliphatic rings. The molecule has 1 atom stereocenters. The molecule has 0 aromatic carbocycles. The summed E-state index contributed by atoms with van der Waals surface area (Å²) in [6.07, 6.45) is -0.108. The fourth-order valence-corrected chi connectivity index (χ4v) is 3.42. The summed E-state index contributed by atoms with van der Waals surface area (Å²) in [5.41, 5.74) is -1.80. The van der Waals surface area contributed by atoms with Crippen LogP contribution in [-0.4, -0.2) is 36.7 Å². The summed E-state index contributed by atoms with van der Waals surface area (Å²) in [7, 11) is -3.02. The molecule has 15 heavy (non-hydrogen) atoms. The van der Waals surface area contributed by atoms with Gasteiger partial charge in [0.2, 0.25) is 0 Å². The molecule has 1 saturated heterocycles. The molecular weight excluding hydrogens is 223 g/mol. The Balaban J connectivity index is 2.63. The molecule has 4 nitrogen and oxygen atoms in total. The zero-order valence-electron chi connectivity index (χ0n) is 8.57.